The summed E-state index contributed by atoms with van der Waals surface area (Å²) in [6.45, 7) is 4.99. The molecule has 0 fully saturated rings. The third-order valence-electron chi connectivity index (χ3n) is 2.93. The van der Waals surface area contributed by atoms with Crippen LogP contribution in [0.25, 0.3) is 0 Å². The van der Waals surface area contributed by atoms with E-state index in [1.807, 2.05) is 4.68 Å². The van der Waals surface area contributed by atoms with Gasteiger partial charge >= 0.3 is 0 Å². The molecule has 1 atom stereocenters. The molecule has 0 radical (unpaired) electrons. The molecule has 1 unspecified atom stereocenters. The number of benzene rings is 1. The summed E-state index contributed by atoms with van der Waals surface area (Å²) >= 11 is 12.0. The molecule has 108 valence electrons. The van der Waals surface area contributed by atoms with Crippen molar-refractivity contribution >= 4 is 23.2 Å². The van der Waals surface area contributed by atoms with Crippen LogP contribution in [0, 0.1) is 5.92 Å². The molecule has 0 aliphatic carbocycles. The second-order valence-corrected chi connectivity index (χ2v) is 5.98. The Kier molecular flexibility index (Phi) is 5.02. The third kappa shape index (κ3) is 3.72. The topological polar surface area (TPSA) is 50.9 Å². The van der Waals surface area contributed by atoms with E-state index in [0.717, 1.165) is 12.4 Å². The second-order valence-electron chi connectivity index (χ2n) is 5.14. The van der Waals surface area contributed by atoms with Gasteiger partial charge in [0.15, 0.2) is 0 Å². The van der Waals surface area contributed by atoms with Crippen LogP contribution in [0.5, 0.6) is 0 Å². The summed E-state index contributed by atoms with van der Waals surface area (Å²) in [5.41, 5.74) is 0.648. The quantitative estimate of drug-likeness (QED) is 0.919. The molecule has 2 aromatic rings. The van der Waals surface area contributed by atoms with Crippen molar-refractivity contribution in [2.75, 3.05) is 0 Å². The van der Waals surface area contributed by atoms with Crippen molar-refractivity contribution in [1.29, 1.82) is 0 Å². The smallest absolute Gasteiger partial charge is 0.138 e. The molecule has 0 amide bonds. The monoisotopic (exact) mass is 313 g/mol. The maximum atomic E-state index is 10.3. The van der Waals surface area contributed by atoms with Gasteiger partial charge in [0, 0.05) is 23.0 Å². The predicted octanol–water partition coefficient (Wildman–Crippen LogP) is 3.52. The highest BCUT2D eigenvalue weighted by molar-refractivity contribution is 6.35. The lowest BCUT2D eigenvalue weighted by molar-refractivity contribution is 0.173. The largest absolute Gasteiger partial charge is 0.388 e. The maximum Gasteiger partial charge on any atom is 0.138 e. The Labute approximate surface area is 128 Å². The van der Waals surface area contributed by atoms with Crippen molar-refractivity contribution in [3.05, 3.63) is 46.0 Å². The van der Waals surface area contributed by atoms with Gasteiger partial charge < -0.3 is 5.11 Å². The van der Waals surface area contributed by atoms with Crippen LogP contribution in [-0.4, -0.2) is 19.9 Å². The van der Waals surface area contributed by atoms with Gasteiger partial charge in [-0.3, -0.25) is 0 Å². The summed E-state index contributed by atoms with van der Waals surface area (Å²) in [6, 6.07) is 5.07. The van der Waals surface area contributed by atoms with Crippen molar-refractivity contribution < 1.29 is 5.11 Å². The van der Waals surface area contributed by atoms with Crippen LogP contribution in [0.3, 0.4) is 0 Å². The van der Waals surface area contributed by atoms with E-state index in [0.29, 0.717) is 27.9 Å². The Hall–Kier alpha value is -1.10. The van der Waals surface area contributed by atoms with Crippen LogP contribution in [0.15, 0.2) is 24.5 Å². The third-order valence-corrected chi connectivity index (χ3v) is 3.49. The highest BCUT2D eigenvalue weighted by Gasteiger charge is 2.16. The summed E-state index contributed by atoms with van der Waals surface area (Å²) in [6.07, 6.45) is 1.15. The Balaban J connectivity index is 2.15. The Morgan fingerprint density at radius 1 is 1.30 bits per heavy atom. The lowest BCUT2D eigenvalue weighted by Crippen LogP contribution is -2.13. The van der Waals surface area contributed by atoms with Crippen LogP contribution in [0.1, 0.15) is 31.3 Å². The Morgan fingerprint density at radius 3 is 2.70 bits per heavy atom. The summed E-state index contributed by atoms with van der Waals surface area (Å²) in [5, 5.41) is 15.5. The standard InChI is InChI=1S/C14H17Cl2N3O/c1-9(2)7-19-14(17-8-18-19)6-13(20)11-4-3-10(15)5-12(11)16/h3-5,8-9,13,20H,6-7H2,1-2H3. The minimum atomic E-state index is -0.727. The van der Waals surface area contributed by atoms with Crippen molar-refractivity contribution in [3.63, 3.8) is 0 Å². The molecule has 0 aliphatic heterocycles. The van der Waals surface area contributed by atoms with Crippen LogP contribution < -0.4 is 0 Å². The maximum absolute atomic E-state index is 10.3. The van der Waals surface area contributed by atoms with E-state index in [2.05, 4.69) is 23.9 Å². The van der Waals surface area contributed by atoms with Crippen LogP contribution in [0.4, 0.5) is 0 Å². The Morgan fingerprint density at radius 2 is 2.05 bits per heavy atom. The SMILES string of the molecule is CC(C)Cn1ncnc1CC(O)c1ccc(Cl)cc1Cl. The van der Waals surface area contributed by atoms with E-state index in [1.54, 1.807) is 18.2 Å². The van der Waals surface area contributed by atoms with E-state index in [9.17, 15) is 5.11 Å². The van der Waals surface area contributed by atoms with E-state index in [1.165, 1.54) is 6.33 Å². The number of aliphatic hydroxyl groups is 1. The highest BCUT2D eigenvalue weighted by atomic mass is 35.5. The Bertz CT molecular complexity index is 584. The fraction of sp³-hybridized carbons (Fsp3) is 0.429. The highest BCUT2D eigenvalue weighted by Crippen LogP contribution is 2.28. The van der Waals surface area contributed by atoms with Gasteiger partial charge in [-0.15, -0.1) is 0 Å². The molecule has 1 N–H and O–H groups in total. The molecule has 6 heteroatoms. The summed E-state index contributed by atoms with van der Waals surface area (Å²) in [4.78, 5) is 4.20. The van der Waals surface area contributed by atoms with Crippen LogP contribution in [-0.2, 0) is 13.0 Å². The van der Waals surface area contributed by atoms with Gasteiger partial charge in [-0.25, -0.2) is 9.67 Å². The fourth-order valence-corrected chi connectivity index (χ4v) is 2.53. The number of halogens is 2. The van der Waals surface area contributed by atoms with Gasteiger partial charge in [0.1, 0.15) is 12.2 Å². The minimum Gasteiger partial charge on any atom is -0.388 e. The zero-order valence-electron chi connectivity index (χ0n) is 11.4. The average Bonchev–Trinajstić information content (AvgIpc) is 2.75. The number of rotatable bonds is 5. The summed E-state index contributed by atoms with van der Waals surface area (Å²) in [5.74, 6) is 1.21. The fourth-order valence-electron chi connectivity index (χ4n) is 2.00. The van der Waals surface area contributed by atoms with Crippen molar-refractivity contribution in [1.82, 2.24) is 14.8 Å². The molecule has 0 bridgehead atoms. The van der Waals surface area contributed by atoms with E-state index in [4.69, 9.17) is 23.2 Å². The zero-order valence-corrected chi connectivity index (χ0v) is 12.9. The molecule has 1 heterocycles. The summed E-state index contributed by atoms with van der Waals surface area (Å²) in [7, 11) is 0. The van der Waals surface area contributed by atoms with Gasteiger partial charge in [-0.05, 0) is 23.6 Å². The first-order chi connectivity index (χ1) is 9.47. The van der Waals surface area contributed by atoms with E-state index >= 15 is 0 Å². The molecule has 2 rings (SSSR count). The number of aliphatic hydroxyl groups excluding tert-OH is 1. The summed E-state index contributed by atoms with van der Waals surface area (Å²) < 4.78 is 1.82. The molecule has 4 nitrogen and oxygen atoms in total. The van der Waals surface area contributed by atoms with Gasteiger partial charge in [0.05, 0.1) is 6.10 Å². The van der Waals surface area contributed by atoms with E-state index in [-0.39, 0.29) is 0 Å². The first-order valence-electron chi connectivity index (χ1n) is 6.47. The minimum absolute atomic E-state index is 0.369. The van der Waals surface area contributed by atoms with Crippen molar-refractivity contribution in [2.45, 2.75) is 32.9 Å². The zero-order chi connectivity index (χ0) is 14.7. The van der Waals surface area contributed by atoms with Crippen LogP contribution in [0.2, 0.25) is 10.0 Å². The lowest BCUT2D eigenvalue weighted by Gasteiger charge is -2.14. The van der Waals surface area contributed by atoms with Gasteiger partial charge in [-0.1, -0.05) is 43.1 Å². The second kappa shape index (κ2) is 6.57. The molecular weight excluding hydrogens is 297 g/mol. The van der Waals surface area contributed by atoms with Crippen LogP contribution >= 0.6 is 23.2 Å². The molecule has 0 aliphatic rings. The number of aromatic nitrogens is 3. The predicted molar refractivity (Wildman–Crippen MR) is 80.0 cm³/mol. The van der Waals surface area contributed by atoms with Crippen molar-refractivity contribution in [3.8, 4) is 0 Å². The molecule has 1 aromatic carbocycles. The lowest BCUT2D eigenvalue weighted by atomic mass is 10.1. The van der Waals surface area contributed by atoms with Gasteiger partial charge in [0.2, 0.25) is 0 Å². The number of nitrogens with zero attached hydrogens (tertiary/aromatic N) is 3. The van der Waals surface area contributed by atoms with Gasteiger partial charge in [-0.2, -0.15) is 5.10 Å². The molecule has 1 aromatic heterocycles. The first kappa shape index (κ1) is 15.3. The number of hydrogen-bond donors (Lipinski definition) is 1. The number of hydrogen-bond acceptors (Lipinski definition) is 3. The average molecular weight is 314 g/mol. The molecule has 0 saturated heterocycles. The molecule has 20 heavy (non-hydrogen) atoms. The van der Waals surface area contributed by atoms with Crippen molar-refractivity contribution in [2.24, 2.45) is 5.92 Å². The molecule has 0 saturated carbocycles. The molecular formula is C14H17Cl2N3O. The molecule has 0 spiro atoms. The van der Waals surface area contributed by atoms with E-state index < -0.39 is 6.10 Å². The van der Waals surface area contributed by atoms with Gasteiger partial charge in [0.25, 0.3) is 0 Å². The normalized spacial score (nSPS) is 12.9. The first-order valence-corrected chi connectivity index (χ1v) is 7.22.